The van der Waals surface area contributed by atoms with Crippen LogP contribution in [0.1, 0.15) is 0 Å². The Labute approximate surface area is 344 Å². The molecule has 5 nitrogen and oxygen atoms in total. The Morgan fingerprint density at radius 2 is 0.817 bits per heavy atom. The van der Waals surface area contributed by atoms with Gasteiger partial charge in [0, 0.05) is 49.2 Å². The molecule has 3 aromatic heterocycles. The third-order valence-corrected chi connectivity index (χ3v) is 11.5. The highest BCUT2D eigenvalue weighted by molar-refractivity contribution is 6.18. The maximum Gasteiger partial charge on any atom is 0.164 e. The predicted molar refractivity (Wildman–Crippen MR) is 245 cm³/mol. The van der Waals surface area contributed by atoms with Gasteiger partial charge in [-0.15, -0.1) is 0 Å². The third-order valence-electron chi connectivity index (χ3n) is 11.5. The summed E-state index contributed by atoms with van der Waals surface area (Å²) in [6, 6.07) is 69.3. The largest absolute Gasteiger partial charge is 0.456 e. The highest BCUT2D eigenvalue weighted by atomic mass is 16.3. The van der Waals surface area contributed by atoms with E-state index in [9.17, 15) is 0 Å². The molecule has 60 heavy (non-hydrogen) atoms. The van der Waals surface area contributed by atoms with Gasteiger partial charge < -0.3 is 8.83 Å². The first-order chi connectivity index (χ1) is 29.7. The molecule has 3 heterocycles. The van der Waals surface area contributed by atoms with Crippen LogP contribution in [0, 0.1) is 0 Å². The van der Waals surface area contributed by atoms with E-state index >= 15 is 0 Å². The summed E-state index contributed by atoms with van der Waals surface area (Å²) in [6.45, 7) is 0. The Bertz CT molecular complexity index is 3590. The number of aromatic nitrogens is 3. The average molecular weight is 768 g/mol. The van der Waals surface area contributed by atoms with Gasteiger partial charge in [-0.25, -0.2) is 15.0 Å². The van der Waals surface area contributed by atoms with Gasteiger partial charge in [-0.1, -0.05) is 158 Å². The van der Waals surface area contributed by atoms with Crippen LogP contribution in [0.5, 0.6) is 0 Å². The molecule has 280 valence electrons. The summed E-state index contributed by atoms with van der Waals surface area (Å²) in [6.07, 6.45) is 0. The Morgan fingerprint density at radius 3 is 1.62 bits per heavy atom. The van der Waals surface area contributed by atoms with E-state index in [2.05, 4.69) is 146 Å². The van der Waals surface area contributed by atoms with E-state index in [1.165, 1.54) is 0 Å². The number of benzene rings is 9. The van der Waals surface area contributed by atoms with Crippen molar-refractivity contribution in [1.82, 2.24) is 15.0 Å². The molecular formula is C55H33N3O2. The quantitative estimate of drug-likeness (QED) is 0.169. The van der Waals surface area contributed by atoms with Gasteiger partial charge in [0.05, 0.1) is 0 Å². The number of furan rings is 2. The van der Waals surface area contributed by atoms with Crippen molar-refractivity contribution in [2.75, 3.05) is 0 Å². The molecule has 0 unspecified atom stereocenters. The van der Waals surface area contributed by atoms with Crippen LogP contribution >= 0.6 is 0 Å². The fourth-order valence-electron chi connectivity index (χ4n) is 8.51. The number of hydrogen-bond donors (Lipinski definition) is 0. The van der Waals surface area contributed by atoms with Gasteiger partial charge in [-0.2, -0.15) is 0 Å². The summed E-state index contributed by atoms with van der Waals surface area (Å²) < 4.78 is 13.1. The fourth-order valence-corrected chi connectivity index (χ4v) is 8.51. The summed E-state index contributed by atoms with van der Waals surface area (Å²) in [5.74, 6) is 1.77. The highest BCUT2D eigenvalue weighted by Gasteiger charge is 2.20. The van der Waals surface area contributed by atoms with Crippen molar-refractivity contribution in [1.29, 1.82) is 0 Å². The van der Waals surface area contributed by atoms with E-state index in [4.69, 9.17) is 23.8 Å². The van der Waals surface area contributed by atoms with Crippen LogP contribution in [-0.2, 0) is 0 Å². The maximum atomic E-state index is 6.90. The number of rotatable bonds is 6. The van der Waals surface area contributed by atoms with E-state index in [1.807, 2.05) is 54.6 Å². The SMILES string of the molecule is c1ccc(-c2cccc(-c3cc(-c4nc(-c5ccccc5)nc(-c5ccc(-c6ccc7c(c6)oc6ccccc67)cc5)n4)cc4c3oc3c5ccccc5ccc43)c2)cc1. The third kappa shape index (κ3) is 5.75. The summed E-state index contributed by atoms with van der Waals surface area (Å²) in [4.78, 5) is 15.5. The van der Waals surface area contributed by atoms with E-state index < -0.39 is 0 Å². The minimum absolute atomic E-state index is 0.579. The second kappa shape index (κ2) is 13.8. The Kier molecular flexibility index (Phi) is 7.78. The molecule has 0 fully saturated rings. The fraction of sp³-hybridized carbons (Fsp3) is 0. The summed E-state index contributed by atoms with van der Waals surface area (Å²) in [5, 5.41) is 6.48. The zero-order valence-electron chi connectivity index (χ0n) is 32.2. The molecule has 5 heteroatoms. The average Bonchev–Trinajstić information content (AvgIpc) is 3.90. The second-order valence-electron chi connectivity index (χ2n) is 15.2. The van der Waals surface area contributed by atoms with Gasteiger partial charge in [0.25, 0.3) is 0 Å². The summed E-state index contributed by atoms with van der Waals surface area (Å²) in [5.41, 5.74) is 12.6. The molecule has 0 bridgehead atoms. The van der Waals surface area contributed by atoms with Crippen molar-refractivity contribution in [2.45, 2.75) is 0 Å². The number of para-hydroxylation sites is 1. The Morgan fingerprint density at radius 1 is 0.267 bits per heavy atom. The van der Waals surface area contributed by atoms with Crippen molar-refractivity contribution in [3.8, 4) is 67.5 Å². The molecule has 0 aliphatic heterocycles. The van der Waals surface area contributed by atoms with Crippen molar-refractivity contribution < 1.29 is 8.83 Å². The van der Waals surface area contributed by atoms with Crippen LogP contribution in [-0.4, -0.2) is 15.0 Å². The molecule has 0 spiro atoms. The molecular weight excluding hydrogens is 735 g/mol. The number of hydrogen-bond acceptors (Lipinski definition) is 5. The standard InChI is InChI=1S/C55H33N3O2/c1-3-12-34(13-4-1)39-17-11-18-41(30-39)47-31-42(32-48-46-29-26-36-14-7-8-19-43(36)51(46)60-52(47)48)55-57-53(37-15-5-2-6-16-37)56-54(58-55)38-24-22-35(23-25-38)40-27-28-45-44-20-9-10-21-49(44)59-50(45)33-40/h1-33H. The molecule has 0 aliphatic carbocycles. The normalized spacial score (nSPS) is 11.7. The van der Waals surface area contributed by atoms with E-state index in [0.29, 0.717) is 17.5 Å². The van der Waals surface area contributed by atoms with Crippen molar-refractivity contribution in [3.63, 3.8) is 0 Å². The summed E-state index contributed by atoms with van der Waals surface area (Å²) in [7, 11) is 0. The molecule has 0 aliphatic rings. The number of fused-ring (bicyclic) bond motifs is 8. The van der Waals surface area contributed by atoms with Crippen LogP contribution in [0.3, 0.4) is 0 Å². The molecule has 12 aromatic rings. The van der Waals surface area contributed by atoms with Crippen LogP contribution in [0.25, 0.3) is 122 Å². The lowest BCUT2D eigenvalue weighted by atomic mass is 9.95. The predicted octanol–water partition coefficient (Wildman–Crippen LogP) is 14.8. The van der Waals surface area contributed by atoms with Gasteiger partial charge in [0.15, 0.2) is 17.5 Å². The van der Waals surface area contributed by atoms with Crippen LogP contribution in [0.4, 0.5) is 0 Å². The highest BCUT2D eigenvalue weighted by Crippen LogP contribution is 2.42. The molecule has 0 atom stereocenters. The van der Waals surface area contributed by atoms with Gasteiger partial charge >= 0.3 is 0 Å². The Balaban J connectivity index is 1.03. The number of nitrogens with zero attached hydrogens (tertiary/aromatic N) is 3. The van der Waals surface area contributed by atoms with E-state index in [1.54, 1.807) is 0 Å². The second-order valence-corrected chi connectivity index (χ2v) is 15.2. The molecule has 12 rings (SSSR count). The molecule has 0 amide bonds. The van der Waals surface area contributed by atoms with E-state index in [0.717, 1.165) is 105 Å². The van der Waals surface area contributed by atoms with Gasteiger partial charge in [0.1, 0.15) is 22.3 Å². The van der Waals surface area contributed by atoms with Gasteiger partial charge in [0.2, 0.25) is 0 Å². The first-order valence-electron chi connectivity index (χ1n) is 20.1. The minimum Gasteiger partial charge on any atom is -0.456 e. The van der Waals surface area contributed by atoms with Crippen LogP contribution < -0.4 is 0 Å². The van der Waals surface area contributed by atoms with Crippen molar-refractivity contribution in [3.05, 3.63) is 200 Å². The van der Waals surface area contributed by atoms with Crippen molar-refractivity contribution in [2.24, 2.45) is 0 Å². The maximum absolute atomic E-state index is 6.90. The molecule has 0 saturated heterocycles. The minimum atomic E-state index is 0.579. The Hall–Kier alpha value is -8.15. The first-order valence-corrected chi connectivity index (χ1v) is 20.1. The molecule has 0 N–H and O–H groups in total. The topological polar surface area (TPSA) is 65.0 Å². The van der Waals surface area contributed by atoms with Crippen molar-refractivity contribution >= 4 is 54.6 Å². The first kappa shape index (κ1) is 33.9. The molecule has 0 radical (unpaired) electrons. The van der Waals surface area contributed by atoms with Gasteiger partial charge in [-0.05, 0) is 75.7 Å². The lowest BCUT2D eigenvalue weighted by Gasteiger charge is -2.12. The van der Waals surface area contributed by atoms with Crippen LogP contribution in [0.15, 0.2) is 209 Å². The molecule has 9 aromatic carbocycles. The monoisotopic (exact) mass is 767 g/mol. The summed E-state index contributed by atoms with van der Waals surface area (Å²) >= 11 is 0. The van der Waals surface area contributed by atoms with E-state index in [-0.39, 0.29) is 0 Å². The zero-order chi connectivity index (χ0) is 39.6. The lowest BCUT2D eigenvalue weighted by Crippen LogP contribution is -2.00. The lowest BCUT2D eigenvalue weighted by molar-refractivity contribution is 0.669. The zero-order valence-corrected chi connectivity index (χ0v) is 32.2. The van der Waals surface area contributed by atoms with Crippen LogP contribution in [0.2, 0.25) is 0 Å². The molecule has 0 saturated carbocycles. The smallest absolute Gasteiger partial charge is 0.164 e. The van der Waals surface area contributed by atoms with Gasteiger partial charge in [-0.3, -0.25) is 0 Å².